The molecule has 0 atom stereocenters. The summed E-state index contributed by atoms with van der Waals surface area (Å²) in [5.41, 5.74) is 3.27. The minimum absolute atomic E-state index is 0.183. The molecule has 0 saturated carbocycles. The second kappa shape index (κ2) is 9.45. The van der Waals surface area contributed by atoms with Gasteiger partial charge in [0.2, 0.25) is 0 Å². The molecule has 0 fully saturated rings. The number of pyridine rings is 1. The molecule has 160 valence electrons. The molecule has 1 aliphatic rings. The molecule has 1 aliphatic heterocycles. The molecule has 2 aromatic carbocycles. The fourth-order valence-corrected chi connectivity index (χ4v) is 3.82. The lowest BCUT2D eigenvalue weighted by atomic mass is 10.1. The average molecular weight is 457 g/mol. The number of halogens is 2. The smallest absolute Gasteiger partial charge is 0.253 e. The van der Waals surface area contributed by atoms with Crippen LogP contribution in [0.2, 0.25) is 10.0 Å². The van der Waals surface area contributed by atoms with E-state index in [1.807, 2.05) is 36.4 Å². The number of carbonyl (C=O) groups is 1. The van der Waals surface area contributed by atoms with E-state index in [1.165, 1.54) is 0 Å². The number of hydrogen-bond acceptors (Lipinski definition) is 5. The van der Waals surface area contributed by atoms with Crippen molar-refractivity contribution in [3.8, 4) is 5.75 Å². The predicted molar refractivity (Wildman–Crippen MR) is 124 cm³/mol. The first-order chi connectivity index (χ1) is 15.0. The lowest BCUT2D eigenvalue weighted by molar-refractivity contribution is 0.0950. The van der Waals surface area contributed by atoms with Crippen LogP contribution in [0.1, 0.15) is 21.5 Å². The molecule has 31 heavy (non-hydrogen) atoms. The molecular formula is C23H22Cl2N4O2. The first-order valence-corrected chi connectivity index (χ1v) is 10.6. The Bertz CT molecular complexity index is 1090. The van der Waals surface area contributed by atoms with E-state index in [2.05, 4.69) is 20.5 Å². The molecule has 8 heteroatoms. The molecule has 6 nitrogen and oxygen atoms in total. The molecule has 0 unspecified atom stereocenters. The number of hydrogen-bond donors (Lipinski definition) is 2. The molecule has 0 radical (unpaired) electrons. The van der Waals surface area contributed by atoms with Gasteiger partial charge in [-0.25, -0.2) is 4.98 Å². The van der Waals surface area contributed by atoms with E-state index in [9.17, 15) is 4.79 Å². The van der Waals surface area contributed by atoms with Crippen molar-refractivity contribution in [3.63, 3.8) is 0 Å². The van der Waals surface area contributed by atoms with E-state index in [0.29, 0.717) is 28.7 Å². The third-order valence-corrected chi connectivity index (χ3v) is 5.73. The number of benzene rings is 2. The van der Waals surface area contributed by atoms with Crippen LogP contribution in [0.4, 0.5) is 11.5 Å². The Kier molecular flexibility index (Phi) is 6.49. The van der Waals surface area contributed by atoms with Crippen LogP contribution in [-0.2, 0) is 13.1 Å². The van der Waals surface area contributed by atoms with E-state index < -0.39 is 0 Å². The standard InChI is InChI=1S/C23H22Cl2N4O2/c1-31-19-5-2-15(3-6-19)12-28-23(30)16-11-21-22(27-13-16)26-8-9-29(21)14-17-10-18(24)4-7-20(17)25/h2-7,10-11,13H,8-9,12,14H2,1H3,(H,26,27)(H,28,30). The maximum atomic E-state index is 12.7. The molecule has 1 aromatic heterocycles. The summed E-state index contributed by atoms with van der Waals surface area (Å²) in [5, 5.41) is 7.52. The van der Waals surface area contributed by atoms with Crippen LogP contribution in [0.5, 0.6) is 5.75 Å². The number of amides is 1. The number of nitrogens with zero attached hydrogens (tertiary/aromatic N) is 2. The van der Waals surface area contributed by atoms with E-state index in [0.717, 1.165) is 41.5 Å². The van der Waals surface area contributed by atoms with Crippen molar-refractivity contribution < 1.29 is 9.53 Å². The lowest BCUT2D eigenvalue weighted by Crippen LogP contribution is -2.34. The number of aromatic nitrogens is 1. The van der Waals surface area contributed by atoms with Crippen molar-refractivity contribution in [2.24, 2.45) is 0 Å². The molecule has 2 heterocycles. The maximum absolute atomic E-state index is 12.7. The van der Waals surface area contributed by atoms with Gasteiger partial charge in [0.15, 0.2) is 0 Å². The highest BCUT2D eigenvalue weighted by Gasteiger charge is 2.21. The molecule has 0 bridgehead atoms. The summed E-state index contributed by atoms with van der Waals surface area (Å²) in [6.45, 7) is 2.50. The quantitative estimate of drug-likeness (QED) is 0.559. The lowest BCUT2D eigenvalue weighted by Gasteiger charge is -2.32. The molecule has 0 aliphatic carbocycles. The van der Waals surface area contributed by atoms with Gasteiger partial charge in [-0.1, -0.05) is 35.3 Å². The van der Waals surface area contributed by atoms with E-state index in [-0.39, 0.29) is 5.91 Å². The second-order valence-electron chi connectivity index (χ2n) is 7.21. The topological polar surface area (TPSA) is 66.5 Å². The second-order valence-corrected chi connectivity index (χ2v) is 8.05. The first kappa shape index (κ1) is 21.3. The maximum Gasteiger partial charge on any atom is 0.253 e. The number of rotatable bonds is 6. The number of methoxy groups -OCH3 is 1. The van der Waals surface area contributed by atoms with E-state index in [1.54, 1.807) is 25.4 Å². The van der Waals surface area contributed by atoms with Crippen LogP contribution in [-0.4, -0.2) is 31.1 Å². The summed E-state index contributed by atoms with van der Waals surface area (Å²) in [6.07, 6.45) is 1.59. The number of anilines is 2. The van der Waals surface area contributed by atoms with Crippen LogP contribution >= 0.6 is 23.2 Å². The summed E-state index contributed by atoms with van der Waals surface area (Å²) in [6, 6.07) is 14.9. The summed E-state index contributed by atoms with van der Waals surface area (Å²) < 4.78 is 5.16. The van der Waals surface area contributed by atoms with Gasteiger partial charge in [-0.05, 0) is 47.5 Å². The zero-order chi connectivity index (χ0) is 21.8. The Labute approximate surface area is 191 Å². The minimum Gasteiger partial charge on any atom is -0.497 e. The normalized spacial score (nSPS) is 12.7. The van der Waals surface area contributed by atoms with Crippen LogP contribution in [0.25, 0.3) is 0 Å². The van der Waals surface area contributed by atoms with Crippen LogP contribution in [0, 0.1) is 0 Å². The zero-order valence-electron chi connectivity index (χ0n) is 17.0. The first-order valence-electron chi connectivity index (χ1n) is 9.87. The molecule has 0 saturated heterocycles. The van der Waals surface area contributed by atoms with Gasteiger partial charge in [-0.3, -0.25) is 4.79 Å². The minimum atomic E-state index is -0.183. The number of carbonyl (C=O) groups excluding carboxylic acids is 1. The Hall–Kier alpha value is -2.96. The van der Waals surface area contributed by atoms with Gasteiger partial charge < -0.3 is 20.3 Å². The molecular weight excluding hydrogens is 435 g/mol. The SMILES string of the molecule is COc1ccc(CNC(=O)c2cnc3c(c2)N(Cc2cc(Cl)ccc2Cl)CCN3)cc1. The fraction of sp³-hybridized carbons (Fsp3) is 0.217. The predicted octanol–water partition coefficient (Wildman–Crippen LogP) is 4.76. The number of fused-ring (bicyclic) bond motifs is 1. The van der Waals surface area contributed by atoms with Gasteiger partial charge in [0.1, 0.15) is 11.6 Å². The molecule has 2 N–H and O–H groups in total. The third-order valence-electron chi connectivity index (χ3n) is 5.13. The van der Waals surface area contributed by atoms with Gasteiger partial charge in [0.25, 0.3) is 5.91 Å². The fourth-order valence-electron chi connectivity index (χ4n) is 3.45. The van der Waals surface area contributed by atoms with Gasteiger partial charge >= 0.3 is 0 Å². The largest absolute Gasteiger partial charge is 0.497 e. The summed E-state index contributed by atoms with van der Waals surface area (Å²) in [4.78, 5) is 19.3. The van der Waals surface area contributed by atoms with Gasteiger partial charge in [-0.15, -0.1) is 0 Å². The molecule has 1 amide bonds. The van der Waals surface area contributed by atoms with Crippen molar-refractivity contribution in [1.82, 2.24) is 10.3 Å². The Morgan fingerprint density at radius 3 is 2.77 bits per heavy atom. The highest BCUT2D eigenvalue weighted by atomic mass is 35.5. The number of ether oxygens (including phenoxy) is 1. The van der Waals surface area contributed by atoms with Crippen LogP contribution in [0.15, 0.2) is 54.7 Å². The van der Waals surface area contributed by atoms with E-state index in [4.69, 9.17) is 27.9 Å². The molecule has 3 aromatic rings. The Morgan fingerprint density at radius 1 is 1.19 bits per heavy atom. The van der Waals surface area contributed by atoms with E-state index >= 15 is 0 Å². The van der Waals surface area contributed by atoms with Crippen LogP contribution in [0.3, 0.4) is 0 Å². The average Bonchev–Trinajstić information content (AvgIpc) is 2.80. The van der Waals surface area contributed by atoms with Crippen molar-refractivity contribution in [3.05, 3.63) is 81.5 Å². The monoisotopic (exact) mass is 456 g/mol. The van der Waals surface area contributed by atoms with Crippen molar-refractivity contribution in [2.45, 2.75) is 13.1 Å². The number of nitrogens with one attached hydrogen (secondary N) is 2. The molecule has 0 spiro atoms. The summed E-state index contributed by atoms with van der Waals surface area (Å²) in [7, 11) is 1.62. The Balaban J connectivity index is 1.49. The van der Waals surface area contributed by atoms with Crippen LogP contribution < -0.4 is 20.3 Å². The van der Waals surface area contributed by atoms with Crippen molar-refractivity contribution in [2.75, 3.05) is 30.4 Å². The summed E-state index contributed by atoms with van der Waals surface area (Å²) in [5.74, 6) is 1.34. The third kappa shape index (κ3) is 5.03. The van der Waals surface area contributed by atoms with Gasteiger partial charge in [-0.2, -0.15) is 0 Å². The van der Waals surface area contributed by atoms with Crippen molar-refractivity contribution >= 4 is 40.6 Å². The van der Waals surface area contributed by atoms with Gasteiger partial charge in [0, 0.05) is 42.4 Å². The molecule has 4 rings (SSSR count). The highest BCUT2D eigenvalue weighted by molar-refractivity contribution is 6.33. The summed E-state index contributed by atoms with van der Waals surface area (Å²) >= 11 is 12.5. The highest BCUT2D eigenvalue weighted by Crippen LogP contribution is 2.31. The van der Waals surface area contributed by atoms with Crippen molar-refractivity contribution in [1.29, 1.82) is 0 Å². The van der Waals surface area contributed by atoms with Gasteiger partial charge in [0.05, 0.1) is 18.4 Å². The Morgan fingerprint density at radius 2 is 2.00 bits per heavy atom. The zero-order valence-corrected chi connectivity index (χ0v) is 18.5.